The number of phosphoric acid groups is 1. The van der Waals surface area contributed by atoms with Gasteiger partial charge in [0.05, 0.1) is 14.4 Å². The van der Waals surface area contributed by atoms with Crippen LogP contribution in [0.3, 0.4) is 0 Å². The van der Waals surface area contributed by atoms with Gasteiger partial charge in [0, 0.05) is 0 Å². The van der Waals surface area contributed by atoms with Gasteiger partial charge in [-0.15, -0.1) is 0 Å². The molecule has 0 heterocycles. The summed E-state index contributed by atoms with van der Waals surface area (Å²) in [4.78, 5) is 19.2. The second-order valence-electron chi connectivity index (χ2n) is 1.19. The van der Waals surface area contributed by atoms with E-state index in [1.54, 1.807) is 0 Å². The average molecular weight is 202 g/mol. The van der Waals surface area contributed by atoms with E-state index in [2.05, 4.69) is 4.52 Å². The summed E-state index contributed by atoms with van der Waals surface area (Å²) >= 11 is 0. The van der Waals surface area contributed by atoms with Crippen molar-refractivity contribution in [3.05, 3.63) is 0 Å². The predicted molar refractivity (Wildman–Crippen MR) is 21.8 cm³/mol. The molecule has 0 saturated carbocycles. The SMILES string of the molecule is O=P([O-])([O-])OC(O)CO.[Na+].[Na+]. The summed E-state index contributed by atoms with van der Waals surface area (Å²) in [6.45, 7) is -0.922. The number of rotatable bonds is 3. The second kappa shape index (κ2) is 8.62. The molecule has 1 atom stereocenters. The second-order valence-corrected chi connectivity index (χ2v) is 2.30. The van der Waals surface area contributed by atoms with Crippen molar-refractivity contribution < 1.29 is 88.2 Å². The van der Waals surface area contributed by atoms with Crippen LogP contribution >= 0.6 is 7.82 Å². The molecule has 0 aliphatic rings. The molecule has 0 rings (SSSR count). The molecule has 56 valence electrons. The monoisotopic (exact) mass is 202 g/mol. The Morgan fingerprint density at radius 2 is 1.82 bits per heavy atom. The van der Waals surface area contributed by atoms with Gasteiger partial charge in [0.15, 0.2) is 6.29 Å². The Hall–Kier alpha value is 2.03. The summed E-state index contributed by atoms with van der Waals surface area (Å²) in [5, 5.41) is 16.1. The van der Waals surface area contributed by atoms with E-state index < -0.39 is 20.7 Å². The molecule has 0 fully saturated rings. The molecule has 0 aliphatic carbocycles. The molecule has 11 heavy (non-hydrogen) atoms. The zero-order chi connectivity index (χ0) is 7.49. The number of phosphoric ester groups is 1. The van der Waals surface area contributed by atoms with E-state index in [4.69, 9.17) is 10.2 Å². The fraction of sp³-hybridized carbons (Fsp3) is 1.00. The third-order valence-corrected chi connectivity index (χ3v) is 0.909. The molecule has 1 unspecified atom stereocenters. The first-order chi connectivity index (χ1) is 3.95. The van der Waals surface area contributed by atoms with Crippen LogP contribution in [0.4, 0.5) is 0 Å². The van der Waals surface area contributed by atoms with E-state index in [9.17, 15) is 14.4 Å². The topological polar surface area (TPSA) is 113 Å². The van der Waals surface area contributed by atoms with Crippen molar-refractivity contribution in [2.45, 2.75) is 6.29 Å². The summed E-state index contributed by atoms with van der Waals surface area (Å²) in [6.07, 6.45) is -1.94. The van der Waals surface area contributed by atoms with E-state index in [0.717, 1.165) is 0 Å². The predicted octanol–water partition coefficient (Wildman–Crippen LogP) is -8.85. The number of aliphatic hydroxyl groups excluding tert-OH is 2. The van der Waals surface area contributed by atoms with Gasteiger partial charge in [-0.3, -0.25) is 0 Å². The van der Waals surface area contributed by atoms with Crippen molar-refractivity contribution in [3.8, 4) is 0 Å². The number of hydrogen-bond acceptors (Lipinski definition) is 6. The van der Waals surface area contributed by atoms with Gasteiger partial charge >= 0.3 is 59.1 Å². The van der Waals surface area contributed by atoms with Gasteiger partial charge in [-0.2, -0.15) is 0 Å². The first-order valence-electron chi connectivity index (χ1n) is 1.95. The van der Waals surface area contributed by atoms with E-state index in [-0.39, 0.29) is 59.1 Å². The van der Waals surface area contributed by atoms with Crippen LogP contribution < -0.4 is 68.9 Å². The molecule has 0 aromatic heterocycles. The molecule has 0 bridgehead atoms. The molecule has 0 aromatic carbocycles. The maximum Gasteiger partial charge on any atom is 1.00 e. The van der Waals surface area contributed by atoms with Crippen LogP contribution in [-0.4, -0.2) is 23.1 Å². The van der Waals surface area contributed by atoms with Crippen molar-refractivity contribution >= 4 is 7.82 Å². The number of hydrogen-bond donors (Lipinski definition) is 2. The van der Waals surface area contributed by atoms with Gasteiger partial charge in [-0.25, -0.2) is 0 Å². The Kier molecular flexibility index (Phi) is 14.7. The molecule has 0 aromatic rings. The molecular formula is C2H5Na2O6P. The van der Waals surface area contributed by atoms with Crippen LogP contribution in [0, 0.1) is 0 Å². The Morgan fingerprint density at radius 1 is 1.45 bits per heavy atom. The van der Waals surface area contributed by atoms with Gasteiger partial charge in [-0.05, 0) is 0 Å². The van der Waals surface area contributed by atoms with Gasteiger partial charge in [-0.1, -0.05) is 0 Å². The minimum atomic E-state index is -5.15. The maximum atomic E-state index is 9.58. The molecule has 0 aliphatic heterocycles. The van der Waals surface area contributed by atoms with Gasteiger partial charge in [0.25, 0.3) is 0 Å². The van der Waals surface area contributed by atoms with Crippen molar-refractivity contribution in [2.75, 3.05) is 6.61 Å². The zero-order valence-corrected chi connectivity index (χ0v) is 11.2. The van der Waals surface area contributed by atoms with Crippen LogP contribution in [-0.2, 0) is 9.09 Å². The third kappa shape index (κ3) is 14.8. The number of aliphatic hydroxyl groups is 2. The maximum absolute atomic E-state index is 9.58. The van der Waals surface area contributed by atoms with Crippen molar-refractivity contribution in [1.29, 1.82) is 0 Å². The average Bonchev–Trinajstić information content (AvgIpc) is 1.62. The molecule has 0 amide bonds. The van der Waals surface area contributed by atoms with E-state index in [1.807, 2.05) is 0 Å². The zero-order valence-electron chi connectivity index (χ0n) is 6.26. The first-order valence-corrected chi connectivity index (χ1v) is 3.41. The third-order valence-electron chi connectivity index (χ3n) is 0.407. The quantitative estimate of drug-likeness (QED) is 0.267. The van der Waals surface area contributed by atoms with Crippen LogP contribution in [0.5, 0.6) is 0 Å². The van der Waals surface area contributed by atoms with Crippen LogP contribution in [0.25, 0.3) is 0 Å². The molecule has 0 spiro atoms. The summed E-state index contributed by atoms with van der Waals surface area (Å²) in [5.41, 5.74) is 0. The van der Waals surface area contributed by atoms with Crippen molar-refractivity contribution in [3.63, 3.8) is 0 Å². The van der Waals surface area contributed by atoms with Crippen LogP contribution in [0.2, 0.25) is 0 Å². The molecular weight excluding hydrogens is 197 g/mol. The van der Waals surface area contributed by atoms with E-state index in [1.165, 1.54) is 0 Å². The Labute approximate surface area is 108 Å². The minimum Gasteiger partial charge on any atom is -0.790 e. The van der Waals surface area contributed by atoms with Crippen molar-refractivity contribution in [2.24, 2.45) is 0 Å². The van der Waals surface area contributed by atoms with E-state index >= 15 is 0 Å². The molecule has 6 nitrogen and oxygen atoms in total. The normalized spacial score (nSPS) is 12.7. The van der Waals surface area contributed by atoms with Gasteiger partial charge in [0.1, 0.15) is 0 Å². The Bertz CT molecular complexity index is 124. The van der Waals surface area contributed by atoms with E-state index in [0.29, 0.717) is 0 Å². The summed E-state index contributed by atoms with van der Waals surface area (Å²) in [6, 6.07) is 0. The summed E-state index contributed by atoms with van der Waals surface area (Å²) in [5.74, 6) is 0. The fourth-order valence-electron chi connectivity index (χ4n) is 0.182. The Balaban J connectivity index is -0.000000320. The van der Waals surface area contributed by atoms with Gasteiger partial charge in [0.2, 0.25) is 0 Å². The van der Waals surface area contributed by atoms with Crippen LogP contribution in [0.15, 0.2) is 0 Å². The summed E-state index contributed by atoms with van der Waals surface area (Å²) < 4.78 is 12.9. The first kappa shape index (κ1) is 18.7. The fourth-order valence-corrected chi connectivity index (χ4v) is 0.547. The molecule has 0 radical (unpaired) electrons. The smallest absolute Gasteiger partial charge is 0.790 e. The Morgan fingerprint density at radius 3 is 1.91 bits per heavy atom. The molecule has 9 heteroatoms. The minimum absolute atomic E-state index is 0. The molecule has 2 N–H and O–H groups in total. The van der Waals surface area contributed by atoms with Crippen LogP contribution in [0.1, 0.15) is 0 Å². The summed E-state index contributed by atoms with van der Waals surface area (Å²) in [7, 11) is -5.15. The van der Waals surface area contributed by atoms with Crippen molar-refractivity contribution in [1.82, 2.24) is 0 Å². The largest absolute Gasteiger partial charge is 1.00 e. The van der Waals surface area contributed by atoms with Gasteiger partial charge < -0.3 is 29.1 Å². The standard InChI is InChI=1S/C2H7O6P.2Na/c3-1-2(4)8-9(5,6)7;;/h2-4H,1H2,(H2,5,6,7);;/q;2*+1/p-2. The molecule has 0 saturated heterocycles.